The molecule has 1 aromatic carbocycles. The van der Waals surface area contributed by atoms with Gasteiger partial charge in [-0.2, -0.15) is 0 Å². The van der Waals surface area contributed by atoms with Crippen molar-refractivity contribution < 1.29 is 19.2 Å². The molecule has 1 N–H and O–H groups in total. The largest absolute Gasteiger partial charge is 0.494 e. The highest BCUT2D eigenvalue weighted by atomic mass is 35.5. The molecule has 5 nitrogen and oxygen atoms in total. The Morgan fingerprint density at radius 3 is 2.72 bits per heavy atom. The summed E-state index contributed by atoms with van der Waals surface area (Å²) in [6.45, 7) is 1.87. The molecule has 0 fully saturated rings. The van der Waals surface area contributed by atoms with Gasteiger partial charge in [0.2, 0.25) is 5.76 Å². The van der Waals surface area contributed by atoms with E-state index in [9.17, 15) is 4.79 Å². The predicted molar refractivity (Wildman–Crippen MR) is 65.2 cm³/mol. The number of rotatable bonds is 3. The van der Waals surface area contributed by atoms with E-state index in [1.165, 1.54) is 13.2 Å². The zero-order valence-corrected chi connectivity index (χ0v) is 10.5. The minimum atomic E-state index is -1.17. The second-order valence-corrected chi connectivity index (χ2v) is 4.12. The molecule has 0 aliphatic rings. The van der Waals surface area contributed by atoms with Gasteiger partial charge in [-0.1, -0.05) is 16.8 Å². The van der Waals surface area contributed by atoms with Crippen LogP contribution in [0.1, 0.15) is 16.1 Å². The third kappa shape index (κ3) is 2.17. The summed E-state index contributed by atoms with van der Waals surface area (Å²) in [6.07, 6.45) is 0. The van der Waals surface area contributed by atoms with E-state index in [0.29, 0.717) is 22.0 Å². The summed E-state index contributed by atoms with van der Waals surface area (Å²) in [5.74, 6) is -0.969. The molecule has 0 aliphatic heterocycles. The number of nitrogens with zero attached hydrogens (tertiary/aromatic N) is 1. The van der Waals surface area contributed by atoms with E-state index in [0.717, 1.165) is 5.56 Å². The van der Waals surface area contributed by atoms with Crippen LogP contribution in [0.15, 0.2) is 22.7 Å². The first kappa shape index (κ1) is 12.4. The number of halogens is 1. The fourth-order valence-electron chi connectivity index (χ4n) is 1.63. The molecule has 6 heteroatoms. The number of aromatic nitrogens is 1. The number of methoxy groups -OCH3 is 1. The number of carbonyl (C=O) groups is 1. The summed E-state index contributed by atoms with van der Waals surface area (Å²) in [5.41, 5.74) is 1.88. The minimum absolute atomic E-state index is 0.232. The van der Waals surface area contributed by atoms with Crippen molar-refractivity contribution in [1.82, 2.24) is 5.16 Å². The Hall–Kier alpha value is -2.01. The lowest BCUT2D eigenvalue weighted by Crippen LogP contribution is -1.92. The number of hydrogen-bond acceptors (Lipinski definition) is 4. The van der Waals surface area contributed by atoms with Crippen LogP contribution in [0.25, 0.3) is 11.3 Å². The number of ether oxygens (including phenoxy) is 1. The Morgan fingerprint density at radius 1 is 1.44 bits per heavy atom. The molecular weight excluding hydrogens is 258 g/mol. The lowest BCUT2D eigenvalue weighted by molar-refractivity contribution is 0.0652. The van der Waals surface area contributed by atoms with E-state index in [4.69, 9.17) is 26.0 Å². The molecule has 94 valence electrons. The average Bonchev–Trinajstić information content (AvgIpc) is 2.77. The molecule has 0 aliphatic carbocycles. The number of aromatic carboxylic acids is 1. The highest BCUT2D eigenvalue weighted by molar-refractivity contribution is 6.32. The Kier molecular flexibility index (Phi) is 3.25. The van der Waals surface area contributed by atoms with E-state index >= 15 is 0 Å². The van der Waals surface area contributed by atoms with Gasteiger partial charge in [0.1, 0.15) is 11.4 Å². The van der Waals surface area contributed by atoms with Gasteiger partial charge in [-0.25, -0.2) is 4.79 Å². The zero-order valence-electron chi connectivity index (χ0n) is 9.73. The van der Waals surface area contributed by atoms with Crippen molar-refractivity contribution in [2.45, 2.75) is 6.92 Å². The Morgan fingerprint density at radius 2 is 2.17 bits per heavy atom. The number of carboxylic acids is 1. The van der Waals surface area contributed by atoms with Crippen molar-refractivity contribution in [2.24, 2.45) is 0 Å². The van der Waals surface area contributed by atoms with E-state index in [-0.39, 0.29) is 5.76 Å². The molecule has 0 radical (unpaired) electrons. The van der Waals surface area contributed by atoms with Crippen molar-refractivity contribution in [3.05, 3.63) is 34.5 Å². The maximum absolute atomic E-state index is 10.7. The van der Waals surface area contributed by atoms with Gasteiger partial charge >= 0.3 is 5.97 Å². The molecule has 0 amide bonds. The first-order valence-electron chi connectivity index (χ1n) is 5.07. The Labute approximate surface area is 108 Å². The van der Waals surface area contributed by atoms with Crippen molar-refractivity contribution in [2.75, 3.05) is 7.11 Å². The minimum Gasteiger partial charge on any atom is -0.494 e. The molecule has 2 aromatic rings. The number of carboxylic acid groups (broad SMARTS) is 1. The van der Waals surface area contributed by atoms with Crippen LogP contribution in [0.5, 0.6) is 5.75 Å². The van der Waals surface area contributed by atoms with Crippen molar-refractivity contribution in [3.63, 3.8) is 0 Å². The summed E-state index contributed by atoms with van der Waals surface area (Å²) >= 11 is 6.05. The maximum Gasteiger partial charge on any atom is 0.374 e. The highest BCUT2D eigenvalue weighted by Gasteiger charge is 2.17. The van der Waals surface area contributed by atoms with Crippen LogP contribution in [-0.4, -0.2) is 23.3 Å². The van der Waals surface area contributed by atoms with Crippen LogP contribution < -0.4 is 4.74 Å². The van der Waals surface area contributed by atoms with Crippen LogP contribution in [-0.2, 0) is 0 Å². The standard InChI is InChI=1S/C12H10ClNO4/c1-6-3-7(11(17-2)8(13)4-6)9-5-10(12(15)16)18-14-9/h3-5H,1-2H3,(H,15,16). The van der Waals surface area contributed by atoms with Crippen LogP contribution in [0, 0.1) is 6.92 Å². The number of benzene rings is 1. The first-order valence-corrected chi connectivity index (χ1v) is 5.45. The third-order valence-electron chi connectivity index (χ3n) is 2.39. The quantitative estimate of drug-likeness (QED) is 0.925. The molecule has 1 heterocycles. The molecule has 0 saturated carbocycles. The van der Waals surface area contributed by atoms with Gasteiger partial charge in [0.25, 0.3) is 0 Å². The smallest absolute Gasteiger partial charge is 0.374 e. The van der Waals surface area contributed by atoms with Gasteiger partial charge in [-0.05, 0) is 24.6 Å². The summed E-state index contributed by atoms with van der Waals surface area (Å²) < 4.78 is 9.91. The summed E-state index contributed by atoms with van der Waals surface area (Å²) in [6, 6.07) is 4.88. The van der Waals surface area contributed by atoms with E-state index in [1.807, 2.05) is 6.92 Å². The normalized spacial score (nSPS) is 10.4. The molecule has 18 heavy (non-hydrogen) atoms. The fourth-order valence-corrected chi connectivity index (χ4v) is 1.98. The topological polar surface area (TPSA) is 72.6 Å². The van der Waals surface area contributed by atoms with Crippen LogP contribution >= 0.6 is 11.6 Å². The SMILES string of the molecule is COc1c(Cl)cc(C)cc1-c1cc(C(=O)O)on1. The zero-order chi connectivity index (χ0) is 13.3. The van der Waals surface area contributed by atoms with E-state index < -0.39 is 5.97 Å². The van der Waals surface area contributed by atoms with Gasteiger partial charge in [0, 0.05) is 11.6 Å². The molecule has 0 bridgehead atoms. The van der Waals surface area contributed by atoms with Crippen molar-refractivity contribution in [3.8, 4) is 17.0 Å². The molecular formula is C12H10ClNO4. The summed E-state index contributed by atoms with van der Waals surface area (Å²) in [5, 5.41) is 12.9. The number of aryl methyl sites for hydroxylation is 1. The van der Waals surface area contributed by atoms with Crippen molar-refractivity contribution in [1.29, 1.82) is 0 Å². The van der Waals surface area contributed by atoms with E-state index in [1.54, 1.807) is 12.1 Å². The first-order chi connectivity index (χ1) is 8.52. The Balaban J connectivity index is 2.58. The fraction of sp³-hybridized carbons (Fsp3) is 0.167. The second-order valence-electron chi connectivity index (χ2n) is 3.71. The average molecular weight is 268 g/mol. The monoisotopic (exact) mass is 267 g/mol. The molecule has 1 aromatic heterocycles. The molecule has 0 unspecified atom stereocenters. The van der Waals surface area contributed by atoms with Crippen LogP contribution in [0.4, 0.5) is 0 Å². The molecule has 2 rings (SSSR count). The van der Waals surface area contributed by atoms with Gasteiger partial charge in [0.05, 0.1) is 12.1 Å². The highest BCUT2D eigenvalue weighted by Crippen LogP contribution is 2.36. The molecule has 0 spiro atoms. The summed E-state index contributed by atoms with van der Waals surface area (Å²) in [7, 11) is 1.48. The van der Waals surface area contributed by atoms with Gasteiger partial charge in [-0.15, -0.1) is 0 Å². The third-order valence-corrected chi connectivity index (χ3v) is 2.67. The lowest BCUT2D eigenvalue weighted by atomic mass is 10.1. The van der Waals surface area contributed by atoms with Crippen LogP contribution in [0.3, 0.4) is 0 Å². The molecule has 0 saturated heterocycles. The van der Waals surface area contributed by atoms with Gasteiger partial charge in [0.15, 0.2) is 0 Å². The number of hydrogen-bond donors (Lipinski definition) is 1. The van der Waals surface area contributed by atoms with Crippen molar-refractivity contribution >= 4 is 17.6 Å². The van der Waals surface area contributed by atoms with E-state index in [2.05, 4.69) is 5.16 Å². The lowest BCUT2D eigenvalue weighted by Gasteiger charge is -2.09. The maximum atomic E-state index is 10.7. The Bertz CT molecular complexity index is 606. The van der Waals surface area contributed by atoms with Gasteiger partial charge in [-0.3, -0.25) is 0 Å². The van der Waals surface area contributed by atoms with Gasteiger partial charge < -0.3 is 14.4 Å². The van der Waals surface area contributed by atoms with Crippen LogP contribution in [0.2, 0.25) is 5.02 Å². The molecule has 0 atom stereocenters. The summed E-state index contributed by atoms with van der Waals surface area (Å²) in [4.78, 5) is 10.7. The predicted octanol–water partition coefficient (Wildman–Crippen LogP) is 3.01. The second kappa shape index (κ2) is 4.70.